The van der Waals surface area contributed by atoms with Gasteiger partial charge in [-0.3, -0.25) is 4.79 Å². The number of Topliss-reactive ketones (excluding diaryl/α,β-unsaturated/α-hetero) is 1. The van der Waals surface area contributed by atoms with Gasteiger partial charge in [-0.1, -0.05) is 15.9 Å². The van der Waals surface area contributed by atoms with Gasteiger partial charge in [0.25, 0.3) is 0 Å². The topological polar surface area (TPSA) is 40.9 Å². The fourth-order valence-electron chi connectivity index (χ4n) is 1.08. The quantitative estimate of drug-likeness (QED) is 0.602. The van der Waals surface area contributed by atoms with Gasteiger partial charge in [-0.2, -0.15) is 5.26 Å². The first-order valence-electron chi connectivity index (χ1n) is 3.89. The Morgan fingerprint density at radius 2 is 2.29 bits per heavy atom. The van der Waals surface area contributed by atoms with Crippen LogP contribution in [-0.4, -0.2) is 11.1 Å². The van der Waals surface area contributed by atoms with Gasteiger partial charge in [-0.05, 0) is 24.6 Å². The third kappa shape index (κ3) is 1.99. The molecule has 0 radical (unpaired) electrons. The second-order valence-corrected chi connectivity index (χ2v) is 3.38. The monoisotopic (exact) mass is 255 g/mol. The molecule has 4 heteroatoms. The van der Waals surface area contributed by atoms with Crippen LogP contribution in [0.15, 0.2) is 12.1 Å². The van der Waals surface area contributed by atoms with Gasteiger partial charge in [-0.15, -0.1) is 0 Å². The number of benzene rings is 1. The van der Waals surface area contributed by atoms with E-state index in [4.69, 9.17) is 5.26 Å². The minimum absolute atomic E-state index is 0.0379. The van der Waals surface area contributed by atoms with Crippen molar-refractivity contribution in [1.82, 2.24) is 0 Å². The van der Waals surface area contributed by atoms with Crippen molar-refractivity contribution in [2.75, 3.05) is 5.33 Å². The van der Waals surface area contributed by atoms with Gasteiger partial charge in [0, 0.05) is 0 Å². The van der Waals surface area contributed by atoms with E-state index in [0.29, 0.717) is 11.1 Å². The highest BCUT2D eigenvalue weighted by atomic mass is 79.9. The number of aryl methyl sites for hydroxylation is 1. The zero-order valence-electron chi connectivity index (χ0n) is 7.47. The van der Waals surface area contributed by atoms with E-state index in [9.17, 15) is 9.18 Å². The number of carbonyl (C=O) groups is 1. The van der Waals surface area contributed by atoms with E-state index in [2.05, 4.69) is 15.9 Å². The molecule has 1 aromatic carbocycles. The molecule has 2 nitrogen and oxygen atoms in total. The van der Waals surface area contributed by atoms with E-state index < -0.39 is 5.82 Å². The number of nitriles is 1. The summed E-state index contributed by atoms with van der Waals surface area (Å²) in [6.45, 7) is 1.63. The predicted octanol–water partition coefficient (Wildman–Crippen LogP) is 2.58. The Labute approximate surface area is 89.5 Å². The van der Waals surface area contributed by atoms with Gasteiger partial charge in [0.2, 0.25) is 0 Å². The van der Waals surface area contributed by atoms with Crippen molar-refractivity contribution >= 4 is 21.7 Å². The summed E-state index contributed by atoms with van der Waals surface area (Å²) in [5.74, 6) is -0.940. The molecule has 0 bridgehead atoms. The molecule has 0 fully saturated rings. The van der Waals surface area contributed by atoms with Crippen LogP contribution in [0.3, 0.4) is 0 Å². The van der Waals surface area contributed by atoms with Crippen molar-refractivity contribution in [3.8, 4) is 6.07 Å². The summed E-state index contributed by atoms with van der Waals surface area (Å²) in [5, 5.41) is 8.75. The Kier molecular flexibility index (Phi) is 3.37. The van der Waals surface area contributed by atoms with Crippen LogP contribution in [-0.2, 0) is 0 Å². The van der Waals surface area contributed by atoms with E-state index in [1.54, 1.807) is 6.92 Å². The Morgan fingerprint density at radius 1 is 1.64 bits per heavy atom. The van der Waals surface area contributed by atoms with Crippen LogP contribution in [0.1, 0.15) is 21.5 Å². The average Bonchev–Trinajstić information content (AvgIpc) is 2.17. The summed E-state index contributed by atoms with van der Waals surface area (Å²) in [6.07, 6.45) is 0. The Hall–Kier alpha value is -1.21. The highest BCUT2D eigenvalue weighted by Crippen LogP contribution is 2.15. The van der Waals surface area contributed by atoms with Gasteiger partial charge in [0.15, 0.2) is 5.78 Å². The number of nitrogens with zero attached hydrogens (tertiary/aromatic N) is 1. The van der Waals surface area contributed by atoms with E-state index in [1.807, 2.05) is 6.07 Å². The SMILES string of the molecule is Cc1cc(F)c(C(=O)CBr)cc1C#N. The fourth-order valence-corrected chi connectivity index (χ4v) is 1.38. The third-order valence-corrected chi connectivity index (χ3v) is 2.37. The molecule has 72 valence electrons. The molecule has 0 unspecified atom stereocenters. The molecule has 0 aliphatic heterocycles. The number of alkyl halides is 1. The van der Waals surface area contributed by atoms with Crippen LogP contribution in [0, 0.1) is 24.1 Å². The minimum atomic E-state index is -0.578. The minimum Gasteiger partial charge on any atom is -0.293 e. The number of halogens is 2. The van der Waals surface area contributed by atoms with Gasteiger partial charge in [-0.25, -0.2) is 4.39 Å². The summed E-state index contributed by atoms with van der Waals surface area (Å²) in [5.41, 5.74) is 0.829. The maximum atomic E-state index is 13.3. The van der Waals surface area contributed by atoms with E-state index >= 15 is 0 Å². The van der Waals surface area contributed by atoms with Crippen LogP contribution < -0.4 is 0 Å². The third-order valence-electron chi connectivity index (χ3n) is 1.86. The molecule has 0 N–H and O–H groups in total. The summed E-state index contributed by atoms with van der Waals surface area (Å²) in [6, 6.07) is 4.40. The van der Waals surface area contributed by atoms with Crippen molar-refractivity contribution in [2.24, 2.45) is 0 Å². The number of ketones is 1. The fraction of sp³-hybridized carbons (Fsp3) is 0.200. The van der Waals surface area contributed by atoms with Gasteiger partial charge >= 0.3 is 0 Å². The highest BCUT2D eigenvalue weighted by Gasteiger charge is 2.12. The molecule has 1 rings (SSSR count). The lowest BCUT2D eigenvalue weighted by molar-refractivity contribution is 0.102. The molecule has 0 heterocycles. The molecule has 0 saturated heterocycles. The smallest absolute Gasteiger partial charge is 0.176 e. The first kappa shape index (κ1) is 10.9. The summed E-state index contributed by atoms with van der Waals surface area (Å²) in [4.78, 5) is 11.2. The van der Waals surface area contributed by atoms with E-state index in [1.165, 1.54) is 12.1 Å². The predicted molar refractivity (Wildman–Crippen MR) is 54.0 cm³/mol. The second kappa shape index (κ2) is 4.34. The number of hydrogen-bond acceptors (Lipinski definition) is 2. The standard InChI is InChI=1S/C10H7BrFNO/c1-6-2-9(12)8(10(14)4-11)3-7(6)5-13/h2-3H,4H2,1H3. The van der Waals surface area contributed by atoms with Crippen molar-refractivity contribution < 1.29 is 9.18 Å². The van der Waals surface area contributed by atoms with Crippen molar-refractivity contribution in [3.05, 3.63) is 34.6 Å². The molecule has 0 aliphatic rings. The Bertz CT molecular complexity index is 423. The van der Waals surface area contributed by atoms with Gasteiger partial charge in [0.1, 0.15) is 5.82 Å². The van der Waals surface area contributed by atoms with Crippen molar-refractivity contribution in [1.29, 1.82) is 5.26 Å². The van der Waals surface area contributed by atoms with Crippen LogP contribution in [0.2, 0.25) is 0 Å². The Balaban J connectivity index is 3.33. The average molecular weight is 256 g/mol. The first-order chi connectivity index (χ1) is 6.60. The summed E-state index contributed by atoms with van der Waals surface area (Å²) in [7, 11) is 0. The summed E-state index contributed by atoms with van der Waals surface area (Å²) < 4.78 is 13.3. The second-order valence-electron chi connectivity index (χ2n) is 2.82. The molecular weight excluding hydrogens is 249 g/mol. The molecule has 1 aromatic rings. The maximum absolute atomic E-state index is 13.3. The first-order valence-corrected chi connectivity index (χ1v) is 5.01. The number of hydrogen-bond donors (Lipinski definition) is 0. The Morgan fingerprint density at radius 3 is 2.79 bits per heavy atom. The van der Waals surface area contributed by atoms with Crippen LogP contribution in [0.4, 0.5) is 4.39 Å². The highest BCUT2D eigenvalue weighted by molar-refractivity contribution is 9.09. The van der Waals surface area contributed by atoms with Crippen LogP contribution >= 0.6 is 15.9 Å². The molecule has 0 saturated carbocycles. The number of rotatable bonds is 2. The van der Waals surface area contributed by atoms with Crippen molar-refractivity contribution in [3.63, 3.8) is 0 Å². The lowest BCUT2D eigenvalue weighted by Gasteiger charge is -2.02. The van der Waals surface area contributed by atoms with Gasteiger partial charge < -0.3 is 0 Å². The molecular formula is C10H7BrFNO. The number of carbonyl (C=O) groups excluding carboxylic acids is 1. The maximum Gasteiger partial charge on any atom is 0.176 e. The lowest BCUT2D eigenvalue weighted by atomic mass is 10.0. The normalized spacial score (nSPS) is 9.57. The lowest BCUT2D eigenvalue weighted by Crippen LogP contribution is -2.04. The molecule has 0 amide bonds. The van der Waals surface area contributed by atoms with Crippen LogP contribution in [0.5, 0.6) is 0 Å². The van der Waals surface area contributed by atoms with Crippen molar-refractivity contribution in [2.45, 2.75) is 6.92 Å². The molecule has 0 spiro atoms. The van der Waals surface area contributed by atoms with E-state index in [-0.39, 0.29) is 16.7 Å². The zero-order chi connectivity index (χ0) is 10.7. The summed E-state index contributed by atoms with van der Waals surface area (Å²) >= 11 is 2.95. The zero-order valence-corrected chi connectivity index (χ0v) is 9.06. The molecule has 14 heavy (non-hydrogen) atoms. The molecule has 0 aliphatic carbocycles. The van der Waals surface area contributed by atoms with Crippen LogP contribution in [0.25, 0.3) is 0 Å². The molecule has 0 atom stereocenters. The van der Waals surface area contributed by atoms with E-state index in [0.717, 1.165) is 0 Å². The molecule has 0 aromatic heterocycles. The largest absolute Gasteiger partial charge is 0.293 e. The van der Waals surface area contributed by atoms with Gasteiger partial charge in [0.05, 0.1) is 22.5 Å².